The second-order valence-electron chi connectivity index (χ2n) is 8.61. The van der Waals surface area contributed by atoms with Crippen LogP contribution < -0.4 is 9.73 Å². The molecule has 0 saturated heterocycles. The van der Waals surface area contributed by atoms with Gasteiger partial charge in [-0.2, -0.15) is 5.10 Å². The Bertz CT molecular complexity index is 1550. The average Bonchev–Trinajstić information content (AvgIpc) is 3.15. The SMILES string of the molecule is Cc1cc(/C=N/NC(=O)c2ccc(N(Cc3ccccc3)S(C)(=O)=O)cc2)c(C)n1-c1ccccc1F. The normalized spacial score (nSPS) is 11.6. The molecule has 1 N–H and O–H groups in total. The summed E-state index contributed by atoms with van der Waals surface area (Å²) in [5.41, 5.74) is 6.90. The molecule has 0 aliphatic carbocycles. The topological polar surface area (TPSA) is 83.8 Å². The largest absolute Gasteiger partial charge is 0.315 e. The molecule has 0 unspecified atom stereocenters. The van der Waals surface area contributed by atoms with Crippen LogP contribution in [0.4, 0.5) is 10.1 Å². The van der Waals surface area contributed by atoms with E-state index in [4.69, 9.17) is 0 Å². The lowest BCUT2D eigenvalue weighted by Gasteiger charge is -2.22. The molecule has 0 atom stereocenters. The molecule has 0 aliphatic rings. The van der Waals surface area contributed by atoms with Crippen molar-refractivity contribution in [3.63, 3.8) is 0 Å². The van der Waals surface area contributed by atoms with Crippen molar-refractivity contribution in [3.05, 3.63) is 119 Å². The van der Waals surface area contributed by atoms with Gasteiger partial charge in [-0.15, -0.1) is 0 Å². The molecule has 9 heteroatoms. The number of halogens is 1. The number of para-hydroxylation sites is 1. The van der Waals surface area contributed by atoms with Crippen LogP contribution >= 0.6 is 0 Å². The minimum Gasteiger partial charge on any atom is -0.315 e. The number of anilines is 1. The fourth-order valence-corrected chi connectivity index (χ4v) is 4.96. The number of aryl methyl sites for hydroxylation is 1. The van der Waals surface area contributed by atoms with Crippen LogP contribution in [0, 0.1) is 19.7 Å². The first kappa shape index (κ1) is 25.8. The Labute approximate surface area is 215 Å². The van der Waals surface area contributed by atoms with Crippen molar-refractivity contribution in [3.8, 4) is 5.69 Å². The number of hydrogen-bond donors (Lipinski definition) is 1. The maximum atomic E-state index is 14.3. The van der Waals surface area contributed by atoms with Gasteiger partial charge < -0.3 is 4.57 Å². The summed E-state index contributed by atoms with van der Waals surface area (Å²) in [4.78, 5) is 12.6. The fraction of sp³-hybridized carbons (Fsp3) is 0.143. The number of carbonyl (C=O) groups is 1. The molecule has 0 radical (unpaired) electrons. The Morgan fingerprint density at radius 2 is 1.65 bits per heavy atom. The summed E-state index contributed by atoms with van der Waals surface area (Å²) in [5.74, 6) is -0.776. The van der Waals surface area contributed by atoms with Crippen LogP contribution in [0.1, 0.15) is 32.9 Å². The van der Waals surface area contributed by atoms with Crippen molar-refractivity contribution < 1.29 is 17.6 Å². The lowest BCUT2D eigenvalue weighted by Crippen LogP contribution is -2.29. The molecule has 190 valence electrons. The van der Waals surface area contributed by atoms with Crippen molar-refractivity contribution in [1.29, 1.82) is 0 Å². The number of aromatic nitrogens is 1. The third-order valence-electron chi connectivity index (χ3n) is 5.92. The van der Waals surface area contributed by atoms with Crippen molar-refractivity contribution in [1.82, 2.24) is 9.99 Å². The summed E-state index contributed by atoms with van der Waals surface area (Å²) in [6.07, 6.45) is 2.66. The summed E-state index contributed by atoms with van der Waals surface area (Å²) in [7, 11) is -3.54. The van der Waals surface area contributed by atoms with Crippen LogP contribution in [0.3, 0.4) is 0 Å². The number of carbonyl (C=O) groups excluding carboxylic acids is 1. The van der Waals surface area contributed by atoms with Crippen molar-refractivity contribution in [2.24, 2.45) is 5.10 Å². The minimum atomic E-state index is -3.54. The van der Waals surface area contributed by atoms with Crippen LogP contribution in [-0.2, 0) is 16.6 Å². The predicted octanol–water partition coefficient (Wildman–Crippen LogP) is 4.96. The molecule has 7 nitrogen and oxygen atoms in total. The molecule has 37 heavy (non-hydrogen) atoms. The van der Waals surface area contributed by atoms with Gasteiger partial charge in [0.1, 0.15) is 5.82 Å². The molecule has 0 spiro atoms. The number of benzene rings is 3. The Morgan fingerprint density at radius 3 is 2.30 bits per heavy atom. The van der Waals surface area contributed by atoms with Gasteiger partial charge in [0.2, 0.25) is 10.0 Å². The van der Waals surface area contributed by atoms with E-state index >= 15 is 0 Å². The maximum Gasteiger partial charge on any atom is 0.271 e. The van der Waals surface area contributed by atoms with Crippen LogP contribution in [0.15, 0.2) is 90.0 Å². The van der Waals surface area contributed by atoms with Gasteiger partial charge in [0, 0.05) is 22.5 Å². The maximum absolute atomic E-state index is 14.3. The van der Waals surface area contributed by atoms with Crippen LogP contribution in [0.25, 0.3) is 5.69 Å². The first-order chi connectivity index (χ1) is 17.6. The second kappa shape index (κ2) is 10.8. The molecule has 1 aromatic heterocycles. The first-order valence-electron chi connectivity index (χ1n) is 11.5. The minimum absolute atomic E-state index is 0.181. The monoisotopic (exact) mass is 518 g/mol. The van der Waals surface area contributed by atoms with Gasteiger partial charge in [-0.25, -0.2) is 18.2 Å². The molecular formula is C28H27FN4O3S. The van der Waals surface area contributed by atoms with Crippen LogP contribution in [0.2, 0.25) is 0 Å². The number of sulfonamides is 1. The van der Waals surface area contributed by atoms with E-state index in [0.29, 0.717) is 16.9 Å². The summed E-state index contributed by atoms with van der Waals surface area (Å²) in [5, 5.41) is 4.06. The van der Waals surface area contributed by atoms with Crippen LogP contribution in [-0.4, -0.2) is 31.4 Å². The number of nitrogens with zero attached hydrogens (tertiary/aromatic N) is 3. The number of hydrazone groups is 1. The zero-order chi connectivity index (χ0) is 26.6. The van der Waals surface area contributed by atoms with Gasteiger partial charge >= 0.3 is 0 Å². The summed E-state index contributed by atoms with van der Waals surface area (Å²) < 4.78 is 42.2. The molecule has 1 amide bonds. The van der Waals surface area contributed by atoms with E-state index in [0.717, 1.165) is 28.8 Å². The highest BCUT2D eigenvalue weighted by Crippen LogP contribution is 2.23. The second-order valence-corrected chi connectivity index (χ2v) is 10.5. The quantitative estimate of drug-likeness (QED) is 0.264. The van der Waals surface area contributed by atoms with E-state index in [-0.39, 0.29) is 12.4 Å². The van der Waals surface area contributed by atoms with E-state index in [1.165, 1.54) is 16.6 Å². The summed E-state index contributed by atoms with van der Waals surface area (Å²) in [6.45, 7) is 3.90. The zero-order valence-electron chi connectivity index (χ0n) is 20.7. The number of rotatable bonds is 8. The molecule has 4 rings (SSSR count). The summed E-state index contributed by atoms with van der Waals surface area (Å²) in [6, 6.07) is 23.9. The third-order valence-corrected chi connectivity index (χ3v) is 7.06. The highest BCUT2D eigenvalue weighted by Gasteiger charge is 2.18. The van der Waals surface area contributed by atoms with Gasteiger partial charge in [0.05, 0.1) is 30.4 Å². The molecule has 0 bridgehead atoms. The van der Waals surface area contributed by atoms with Gasteiger partial charge in [-0.05, 0) is 61.9 Å². The smallest absolute Gasteiger partial charge is 0.271 e. The first-order valence-corrected chi connectivity index (χ1v) is 13.4. The Balaban J connectivity index is 1.47. The van der Waals surface area contributed by atoms with E-state index in [9.17, 15) is 17.6 Å². The fourth-order valence-electron chi connectivity index (χ4n) is 4.08. The van der Waals surface area contributed by atoms with E-state index in [1.807, 2.05) is 50.2 Å². The van der Waals surface area contributed by atoms with Gasteiger partial charge in [0.25, 0.3) is 5.91 Å². The molecule has 0 fully saturated rings. The van der Waals surface area contributed by atoms with E-state index in [2.05, 4.69) is 10.5 Å². The Hall–Kier alpha value is -4.24. The lowest BCUT2D eigenvalue weighted by molar-refractivity contribution is 0.0955. The molecule has 3 aromatic carbocycles. The Morgan fingerprint density at radius 1 is 1.00 bits per heavy atom. The molecule has 1 heterocycles. The molecule has 4 aromatic rings. The van der Waals surface area contributed by atoms with Gasteiger partial charge in [0.15, 0.2) is 0 Å². The summed E-state index contributed by atoms with van der Waals surface area (Å²) >= 11 is 0. The molecule has 0 saturated carbocycles. The highest BCUT2D eigenvalue weighted by molar-refractivity contribution is 7.92. The van der Waals surface area contributed by atoms with Crippen molar-refractivity contribution in [2.75, 3.05) is 10.6 Å². The van der Waals surface area contributed by atoms with Crippen molar-refractivity contribution in [2.45, 2.75) is 20.4 Å². The average molecular weight is 519 g/mol. The van der Waals surface area contributed by atoms with Crippen molar-refractivity contribution >= 4 is 27.8 Å². The molecule has 0 aliphatic heterocycles. The van der Waals surface area contributed by atoms with E-state index in [1.54, 1.807) is 47.0 Å². The number of hydrogen-bond acceptors (Lipinski definition) is 4. The standard InChI is InChI=1S/C28H27FN4O3S/c1-20-17-24(21(2)33(20)27-12-8-7-11-26(27)29)18-30-31-28(34)23-13-15-25(16-14-23)32(37(3,35)36)19-22-9-5-4-6-10-22/h4-18H,19H2,1-3H3,(H,31,34)/b30-18+. The highest BCUT2D eigenvalue weighted by atomic mass is 32.2. The molecular weight excluding hydrogens is 491 g/mol. The van der Waals surface area contributed by atoms with E-state index < -0.39 is 15.9 Å². The Kier molecular flexibility index (Phi) is 7.54. The van der Waals surface area contributed by atoms with Gasteiger partial charge in [-0.1, -0.05) is 42.5 Å². The lowest BCUT2D eigenvalue weighted by atomic mass is 10.2. The van der Waals surface area contributed by atoms with Gasteiger partial charge in [-0.3, -0.25) is 9.10 Å². The third kappa shape index (κ3) is 5.95. The predicted molar refractivity (Wildman–Crippen MR) is 144 cm³/mol. The number of amides is 1. The van der Waals surface area contributed by atoms with Crippen LogP contribution in [0.5, 0.6) is 0 Å². The number of nitrogens with one attached hydrogen (secondary N) is 1. The zero-order valence-corrected chi connectivity index (χ0v) is 21.5.